The highest BCUT2D eigenvalue weighted by atomic mass is 32.1. The maximum atomic E-state index is 10.6. The first kappa shape index (κ1) is 13.5. The van der Waals surface area contributed by atoms with E-state index in [2.05, 4.69) is 48.6 Å². The molecule has 1 heterocycles. The lowest BCUT2D eigenvalue weighted by molar-refractivity contribution is 0.112. The first-order chi connectivity index (χ1) is 10.3. The van der Waals surface area contributed by atoms with Gasteiger partial charge in [-0.2, -0.15) is 0 Å². The monoisotopic (exact) mass is 290 g/mol. The summed E-state index contributed by atoms with van der Waals surface area (Å²) in [6, 6.07) is 22.2. The average Bonchev–Trinajstić information content (AvgIpc) is 3.03. The van der Waals surface area contributed by atoms with Crippen LogP contribution in [0.2, 0.25) is 0 Å². The van der Waals surface area contributed by atoms with Gasteiger partial charge in [0.15, 0.2) is 0 Å². The molecule has 0 radical (unpaired) electrons. The molecule has 0 aliphatic carbocycles. The number of hydrogen-bond donors (Lipinski definition) is 0. The fraction of sp³-hybridized carbons (Fsp3) is 0. The van der Waals surface area contributed by atoms with Gasteiger partial charge in [0.1, 0.15) is 6.29 Å². The summed E-state index contributed by atoms with van der Waals surface area (Å²) in [6.07, 6.45) is 5.03. The third-order valence-corrected chi connectivity index (χ3v) is 4.30. The van der Waals surface area contributed by atoms with E-state index in [9.17, 15) is 4.79 Å². The zero-order chi connectivity index (χ0) is 14.5. The van der Waals surface area contributed by atoms with Crippen LogP contribution in [-0.2, 0) is 0 Å². The van der Waals surface area contributed by atoms with Crippen LogP contribution >= 0.6 is 11.3 Å². The number of rotatable bonds is 4. The fourth-order valence-electron chi connectivity index (χ4n) is 2.06. The van der Waals surface area contributed by atoms with Gasteiger partial charge < -0.3 is 0 Å². The average molecular weight is 290 g/mol. The summed E-state index contributed by atoms with van der Waals surface area (Å²) in [5, 5.41) is 0. The highest BCUT2D eigenvalue weighted by Gasteiger charge is 2.00. The summed E-state index contributed by atoms with van der Waals surface area (Å²) < 4.78 is 0. The van der Waals surface area contributed by atoms with Gasteiger partial charge in [-0.3, -0.25) is 4.79 Å². The van der Waals surface area contributed by atoms with Crippen molar-refractivity contribution in [3.8, 4) is 10.4 Å². The fourth-order valence-corrected chi connectivity index (χ4v) is 2.98. The molecule has 0 atom stereocenters. The first-order valence-electron chi connectivity index (χ1n) is 6.74. The molecule has 0 unspecified atom stereocenters. The minimum atomic E-state index is 0.703. The van der Waals surface area contributed by atoms with E-state index < -0.39 is 0 Å². The maximum Gasteiger partial charge on any atom is 0.150 e. The predicted molar refractivity (Wildman–Crippen MR) is 90.5 cm³/mol. The van der Waals surface area contributed by atoms with Gasteiger partial charge in [-0.1, -0.05) is 60.7 Å². The topological polar surface area (TPSA) is 17.1 Å². The van der Waals surface area contributed by atoms with E-state index in [1.807, 2.05) is 30.3 Å². The number of thiophene rings is 1. The molecule has 0 fully saturated rings. The van der Waals surface area contributed by atoms with Crippen molar-refractivity contribution in [1.29, 1.82) is 0 Å². The summed E-state index contributed by atoms with van der Waals surface area (Å²) in [5.74, 6) is 0. The van der Waals surface area contributed by atoms with E-state index in [0.717, 1.165) is 11.8 Å². The Hall–Kier alpha value is -2.45. The van der Waals surface area contributed by atoms with Crippen LogP contribution in [0.5, 0.6) is 0 Å². The third kappa shape index (κ3) is 3.36. The van der Waals surface area contributed by atoms with E-state index in [1.54, 1.807) is 11.3 Å². The Morgan fingerprint density at radius 2 is 1.43 bits per heavy atom. The molecule has 1 nitrogen and oxygen atoms in total. The summed E-state index contributed by atoms with van der Waals surface area (Å²) in [7, 11) is 0. The largest absolute Gasteiger partial charge is 0.298 e. The molecule has 102 valence electrons. The smallest absolute Gasteiger partial charge is 0.150 e. The molecule has 2 heteroatoms. The number of benzene rings is 2. The van der Waals surface area contributed by atoms with Gasteiger partial charge in [-0.05, 0) is 29.3 Å². The molecular weight excluding hydrogens is 276 g/mol. The Bertz CT molecular complexity index is 752. The number of carbonyl (C=O) groups is 1. The van der Waals surface area contributed by atoms with Crippen molar-refractivity contribution in [3.05, 3.63) is 82.7 Å². The van der Waals surface area contributed by atoms with Crippen molar-refractivity contribution >= 4 is 29.8 Å². The van der Waals surface area contributed by atoms with Crippen LogP contribution in [0.25, 0.3) is 22.6 Å². The van der Waals surface area contributed by atoms with Gasteiger partial charge in [0.05, 0.1) is 0 Å². The van der Waals surface area contributed by atoms with Crippen molar-refractivity contribution in [2.45, 2.75) is 0 Å². The molecule has 0 saturated heterocycles. The van der Waals surface area contributed by atoms with Crippen LogP contribution in [0.4, 0.5) is 0 Å². The molecule has 21 heavy (non-hydrogen) atoms. The molecule has 0 N–H and O–H groups in total. The van der Waals surface area contributed by atoms with Crippen LogP contribution in [0.15, 0.2) is 66.7 Å². The minimum absolute atomic E-state index is 0.703. The Balaban J connectivity index is 1.77. The van der Waals surface area contributed by atoms with Crippen molar-refractivity contribution in [3.63, 3.8) is 0 Å². The number of carbonyl (C=O) groups excluding carboxylic acids is 1. The van der Waals surface area contributed by atoms with Crippen molar-refractivity contribution in [2.24, 2.45) is 0 Å². The molecule has 0 bridgehead atoms. The van der Waals surface area contributed by atoms with E-state index in [0.29, 0.717) is 5.56 Å². The molecule has 0 saturated carbocycles. The molecule has 0 spiro atoms. The molecule has 2 aromatic carbocycles. The lowest BCUT2D eigenvalue weighted by Crippen LogP contribution is -1.78. The Morgan fingerprint density at radius 1 is 0.714 bits per heavy atom. The highest BCUT2D eigenvalue weighted by Crippen LogP contribution is 2.28. The summed E-state index contributed by atoms with van der Waals surface area (Å²) in [4.78, 5) is 13.1. The Morgan fingerprint density at radius 3 is 2.14 bits per heavy atom. The van der Waals surface area contributed by atoms with Gasteiger partial charge in [0.2, 0.25) is 0 Å². The van der Waals surface area contributed by atoms with E-state index in [1.165, 1.54) is 15.3 Å². The molecular formula is C19H14OS. The zero-order valence-electron chi connectivity index (χ0n) is 11.4. The van der Waals surface area contributed by atoms with Gasteiger partial charge in [-0.15, -0.1) is 11.3 Å². The summed E-state index contributed by atoms with van der Waals surface area (Å²) in [6.45, 7) is 0. The molecule has 0 aliphatic heterocycles. The molecule has 3 rings (SSSR count). The van der Waals surface area contributed by atoms with Gasteiger partial charge in [0.25, 0.3) is 0 Å². The van der Waals surface area contributed by atoms with Crippen LogP contribution in [0.3, 0.4) is 0 Å². The summed E-state index contributed by atoms with van der Waals surface area (Å²) in [5.41, 5.74) is 3.04. The SMILES string of the molecule is O=Cc1ccc(/C=C/c2ccc(-c3ccccc3)s2)cc1. The summed E-state index contributed by atoms with van der Waals surface area (Å²) >= 11 is 1.77. The van der Waals surface area contributed by atoms with Crippen LogP contribution in [-0.4, -0.2) is 6.29 Å². The maximum absolute atomic E-state index is 10.6. The number of hydrogen-bond acceptors (Lipinski definition) is 2. The predicted octanol–water partition coefficient (Wildman–Crippen LogP) is 5.40. The van der Waals surface area contributed by atoms with Crippen molar-refractivity contribution < 1.29 is 4.79 Å². The second kappa shape index (κ2) is 6.33. The number of aldehydes is 1. The van der Waals surface area contributed by atoms with E-state index in [-0.39, 0.29) is 0 Å². The van der Waals surface area contributed by atoms with Gasteiger partial charge in [0, 0.05) is 15.3 Å². The minimum Gasteiger partial charge on any atom is -0.298 e. The molecule has 1 aromatic heterocycles. The Kier molecular flexibility index (Phi) is 4.08. The molecule has 0 aliphatic rings. The second-order valence-corrected chi connectivity index (χ2v) is 5.80. The molecule has 0 amide bonds. The van der Waals surface area contributed by atoms with Gasteiger partial charge in [-0.25, -0.2) is 0 Å². The van der Waals surface area contributed by atoms with E-state index in [4.69, 9.17) is 0 Å². The lowest BCUT2D eigenvalue weighted by Gasteiger charge is -1.95. The van der Waals surface area contributed by atoms with E-state index >= 15 is 0 Å². The molecule has 3 aromatic rings. The van der Waals surface area contributed by atoms with Crippen molar-refractivity contribution in [1.82, 2.24) is 0 Å². The highest BCUT2D eigenvalue weighted by molar-refractivity contribution is 7.16. The lowest BCUT2D eigenvalue weighted by atomic mass is 10.1. The first-order valence-corrected chi connectivity index (χ1v) is 7.55. The van der Waals surface area contributed by atoms with Gasteiger partial charge >= 0.3 is 0 Å². The zero-order valence-corrected chi connectivity index (χ0v) is 12.2. The van der Waals surface area contributed by atoms with Crippen LogP contribution in [0.1, 0.15) is 20.8 Å². The van der Waals surface area contributed by atoms with Crippen LogP contribution in [0, 0.1) is 0 Å². The quantitative estimate of drug-likeness (QED) is 0.588. The second-order valence-electron chi connectivity index (χ2n) is 4.69. The standard InChI is InChI=1S/C19H14OS/c20-14-16-8-6-15(7-9-16)10-11-18-12-13-19(21-18)17-4-2-1-3-5-17/h1-14H/b11-10+. The Labute approximate surface area is 128 Å². The normalized spacial score (nSPS) is 10.9. The van der Waals surface area contributed by atoms with Crippen molar-refractivity contribution in [2.75, 3.05) is 0 Å². The van der Waals surface area contributed by atoms with Crippen LogP contribution < -0.4 is 0 Å². The third-order valence-electron chi connectivity index (χ3n) is 3.20.